The van der Waals surface area contributed by atoms with E-state index in [-0.39, 0.29) is 6.10 Å². The number of likely N-dealkylation sites (tertiary alicyclic amines) is 1. The molecule has 2 atom stereocenters. The molecule has 0 saturated carbocycles. The van der Waals surface area contributed by atoms with Crippen molar-refractivity contribution < 1.29 is 5.11 Å². The number of hydrogen-bond donors (Lipinski definition) is 1. The predicted octanol–water partition coefficient (Wildman–Crippen LogP) is 1.81. The molecule has 1 N–H and O–H groups in total. The maximum Gasteiger partial charge on any atom is 0.141 e. The zero-order chi connectivity index (χ0) is 13.7. The lowest BCUT2D eigenvalue weighted by Gasteiger charge is -2.30. The summed E-state index contributed by atoms with van der Waals surface area (Å²) in [7, 11) is 0. The van der Waals surface area contributed by atoms with Crippen LogP contribution in [0.1, 0.15) is 51.8 Å². The summed E-state index contributed by atoms with van der Waals surface area (Å²) in [5.41, 5.74) is 0. The molecule has 1 fully saturated rings. The Kier molecular flexibility index (Phi) is 5.34. The van der Waals surface area contributed by atoms with Crippen molar-refractivity contribution in [3.05, 3.63) is 12.2 Å². The molecule has 108 valence electrons. The summed E-state index contributed by atoms with van der Waals surface area (Å²) in [4.78, 5) is 6.86. The van der Waals surface area contributed by atoms with Crippen molar-refractivity contribution in [3.63, 3.8) is 0 Å². The average Bonchev–Trinajstić information content (AvgIpc) is 2.71. The van der Waals surface area contributed by atoms with Crippen molar-refractivity contribution in [2.75, 3.05) is 6.54 Å². The van der Waals surface area contributed by atoms with E-state index in [4.69, 9.17) is 0 Å². The number of aliphatic hydroxyl groups is 1. The molecular formula is C14H26N4O. The molecule has 1 aromatic rings. The summed E-state index contributed by atoms with van der Waals surface area (Å²) in [6, 6.07) is 0.476. The third kappa shape index (κ3) is 4.01. The van der Waals surface area contributed by atoms with Crippen LogP contribution < -0.4 is 0 Å². The second-order valence-corrected chi connectivity index (χ2v) is 5.55. The maximum absolute atomic E-state index is 9.68. The van der Waals surface area contributed by atoms with Crippen LogP contribution in [0.3, 0.4) is 0 Å². The van der Waals surface area contributed by atoms with Gasteiger partial charge in [-0.1, -0.05) is 12.8 Å². The molecule has 1 aliphatic heterocycles. The van der Waals surface area contributed by atoms with Crippen LogP contribution in [0.25, 0.3) is 0 Å². The highest BCUT2D eigenvalue weighted by Crippen LogP contribution is 2.22. The van der Waals surface area contributed by atoms with E-state index in [0.717, 1.165) is 31.9 Å². The molecule has 0 aliphatic carbocycles. The molecular weight excluding hydrogens is 240 g/mol. The van der Waals surface area contributed by atoms with Crippen molar-refractivity contribution in [1.29, 1.82) is 0 Å². The van der Waals surface area contributed by atoms with Gasteiger partial charge in [-0.15, -0.1) is 0 Å². The fourth-order valence-electron chi connectivity index (χ4n) is 2.96. The van der Waals surface area contributed by atoms with E-state index in [9.17, 15) is 5.11 Å². The van der Waals surface area contributed by atoms with E-state index in [2.05, 4.69) is 21.9 Å². The van der Waals surface area contributed by atoms with Gasteiger partial charge in [0.05, 0.1) is 12.6 Å². The Balaban J connectivity index is 2.05. The number of nitrogens with zero attached hydrogens (tertiary/aromatic N) is 4. The molecule has 5 nitrogen and oxygen atoms in total. The number of aliphatic hydroxyl groups excluding tert-OH is 1. The van der Waals surface area contributed by atoms with Gasteiger partial charge in [0.1, 0.15) is 12.2 Å². The first-order valence-electron chi connectivity index (χ1n) is 7.49. The molecule has 0 spiro atoms. The van der Waals surface area contributed by atoms with E-state index >= 15 is 0 Å². The van der Waals surface area contributed by atoms with Crippen LogP contribution in [-0.2, 0) is 13.1 Å². The van der Waals surface area contributed by atoms with Gasteiger partial charge in [0.15, 0.2) is 0 Å². The Morgan fingerprint density at radius 1 is 1.42 bits per heavy atom. The summed E-state index contributed by atoms with van der Waals surface area (Å²) >= 11 is 0. The van der Waals surface area contributed by atoms with Crippen LogP contribution in [0.4, 0.5) is 0 Å². The number of hydrogen-bond acceptors (Lipinski definition) is 4. The fraction of sp³-hybridized carbons (Fsp3) is 0.857. The zero-order valence-corrected chi connectivity index (χ0v) is 12.1. The largest absolute Gasteiger partial charge is 0.393 e. The highest BCUT2D eigenvalue weighted by Gasteiger charge is 2.23. The van der Waals surface area contributed by atoms with Gasteiger partial charge in [0.25, 0.3) is 0 Å². The highest BCUT2D eigenvalue weighted by atomic mass is 16.3. The highest BCUT2D eigenvalue weighted by molar-refractivity contribution is 4.88. The van der Waals surface area contributed by atoms with Crippen molar-refractivity contribution in [2.45, 2.75) is 71.2 Å². The van der Waals surface area contributed by atoms with Crippen LogP contribution in [0.15, 0.2) is 6.33 Å². The quantitative estimate of drug-likeness (QED) is 0.883. The first-order chi connectivity index (χ1) is 9.20. The number of rotatable bonds is 5. The van der Waals surface area contributed by atoms with E-state index < -0.39 is 0 Å². The van der Waals surface area contributed by atoms with Crippen LogP contribution in [0, 0.1) is 0 Å². The molecule has 1 saturated heterocycles. The van der Waals surface area contributed by atoms with Gasteiger partial charge in [-0.3, -0.25) is 4.90 Å². The minimum Gasteiger partial charge on any atom is -0.393 e. The average molecular weight is 266 g/mol. The van der Waals surface area contributed by atoms with Gasteiger partial charge >= 0.3 is 0 Å². The minimum absolute atomic E-state index is 0.227. The zero-order valence-electron chi connectivity index (χ0n) is 12.1. The Morgan fingerprint density at radius 2 is 2.26 bits per heavy atom. The summed E-state index contributed by atoms with van der Waals surface area (Å²) in [5.74, 6) is 1.04. The second kappa shape index (κ2) is 7.01. The minimum atomic E-state index is -0.227. The van der Waals surface area contributed by atoms with Crippen molar-refractivity contribution in [1.82, 2.24) is 19.7 Å². The fourth-order valence-corrected chi connectivity index (χ4v) is 2.96. The Labute approximate surface area is 115 Å². The molecule has 19 heavy (non-hydrogen) atoms. The van der Waals surface area contributed by atoms with Crippen LogP contribution in [0.5, 0.6) is 0 Å². The normalized spacial score (nSPS) is 23.2. The van der Waals surface area contributed by atoms with Crippen molar-refractivity contribution >= 4 is 0 Å². The lowest BCUT2D eigenvalue weighted by molar-refractivity contribution is 0.105. The first kappa shape index (κ1) is 14.5. The summed E-state index contributed by atoms with van der Waals surface area (Å²) < 4.78 is 1.96. The first-order valence-corrected chi connectivity index (χ1v) is 7.49. The van der Waals surface area contributed by atoms with Crippen molar-refractivity contribution in [3.8, 4) is 0 Å². The summed E-state index contributed by atoms with van der Waals surface area (Å²) in [5, 5.41) is 13.9. The van der Waals surface area contributed by atoms with E-state index in [1.165, 1.54) is 25.7 Å². The van der Waals surface area contributed by atoms with Gasteiger partial charge in [0, 0.05) is 12.6 Å². The smallest absolute Gasteiger partial charge is 0.141 e. The van der Waals surface area contributed by atoms with E-state index in [1.807, 2.05) is 11.6 Å². The van der Waals surface area contributed by atoms with Crippen LogP contribution in [0.2, 0.25) is 0 Å². The van der Waals surface area contributed by atoms with Gasteiger partial charge in [-0.05, 0) is 39.7 Å². The second-order valence-electron chi connectivity index (χ2n) is 5.55. The lowest BCUT2D eigenvalue weighted by Crippen LogP contribution is -2.37. The molecule has 0 bridgehead atoms. The molecule has 0 aromatic carbocycles. The standard InChI is InChI=1S/C14H26N4O/c1-3-18-14(15-11-16-18)10-17-8-6-4-5-7-13(17)9-12(2)19/h11-13,19H,3-10H2,1-2H3. The van der Waals surface area contributed by atoms with Crippen molar-refractivity contribution in [2.24, 2.45) is 0 Å². The molecule has 2 unspecified atom stereocenters. The van der Waals surface area contributed by atoms with Crippen LogP contribution in [-0.4, -0.2) is 43.5 Å². The van der Waals surface area contributed by atoms with Gasteiger partial charge < -0.3 is 5.11 Å². The lowest BCUT2D eigenvalue weighted by atomic mass is 10.0. The van der Waals surface area contributed by atoms with Gasteiger partial charge in [0.2, 0.25) is 0 Å². The third-order valence-corrected chi connectivity index (χ3v) is 3.95. The Bertz CT molecular complexity index is 377. The number of aryl methyl sites for hydroxylation is 1. The molecule has 1 aliphatic rings. The summed E-state index contributed by atoms with van der Waals surface area (Å²) in [6.45, 7) is 6.80. The molecule has 2 rings (SSSR count). The topological polar surface area (TPSA) is 54.2 Å². The maximum atomic E-state index is 9.68. The predicted molar refractivity (Wildman–Crippen MR) is 74.7 cm³/mol. The molecule has 2 heterocycles. The van der Waals surface area contributed by atoms with Gasteiger partial charge in [-0.25, -0.2) is 9.67 Å². The van der Waals surface area contributed by atoms with E-state index in [0.29, 0.717) is 6.04 Å². The molecule has 1 aromatic heterocycles. The van der Waals surface area contributed by atoms with E-state index in [1.54, 1.807) is 6.33 Å². The van der Waals surface area contributed by atoms with Gasteiger partial charge in [-0.2, -0.15) is 5.10 Å². The summed E-state index contributed by atoms with van der Waals surface area (Å²) in [6.07, 6.45) is 7.28. The molecule has 0 radical (unpaired) electrons. The third-order valence-electron chi connectivity index (χ3n) is 3.95. The van der Waals surface area contributed by atoms with Crippen LogP contribution >= 0.6 is 0 Å². The Hall–Kier alpha value is -0.940. The Morgan fingerprint density at radius 3 is 3.00 bits per heavy atom. The monoisotopic (exact) mass is 266 g/mol. The molecule has 5 heteroatoms. The SMILES string of the molecule is CCn1ncnc1CN1CCCCCC1CC(C)O. The number of aromatic nitrogens is 3. The molecule has 0 amide bonds.